The van der Waals surface area contributed by atoms with Gasteiger partial charge in [0.2, 0.25) is 5.91 Å². The van der Waals surface area contributed by atoms with E-state index in [9.17, 15) is 18.8 Å². The number of H-pyrrole nitrogens is 1. The lowest BCUT2D eigenvalue weighted by molar-refractivity contribution is -0.137. The summed E-state index contributed by atoms with van der Waals surface area (Å²) < 4.78 is 13.1. The highest BCUT2D eigenvalue weighted by atomic mass is 19.1. The summed E-state index contributed by atoms with van der Waals surface area (Å²) in [6.45, 7) is -0.0506. The molecule has 1 aromatic heterocycles. The maximum atomic E-state index is 13.1. The smallest absolute Gasteiger partial charge is 0.305 e. The molecule has 0 fully saturated rings. The number of halogens is 1. The fraction of sp³-hybridized carbons (Fsp3) is 0.190. The van der Waals surface area contributed by atoms with Gasteiger partial charge in [-0.1, -0.05) is 18.2 Å². The number of nitrogens with one attached hydrogen (secondary N) is 3. The molecule has 150 valence electrons. The molecule has 7 nitrogen and oxygen atoms in total. The molecule has 0 spiro atoms. The molecule has 29 heavy (non-hydrogen) atoms. The number of fused-ring (bicyclic) bond motifs is 1. The molecule has 0 saturated carbocycles. The van der Waals surface area contributed by atoms with Crippen LogP contribution in [0.25, 0.3) is 10.9 Å². The van der Waals surface area contributed by atoms with Gasteiger partial charge in [0, 0.05) is 35.6 Å². The first-order valence-corrected chi connectivity index (χ1v) is 9.05. The zero-order valence-electron chi connectivity index (χ0n) is 15.4. The van der Waals surface area contributed by atoms with Crippen molar-refractivity contribution in [3.8, 4) is 0 Å². The van der Waals surface area contributed by atoms with E-state index in [1.807, 2.05) is 24.3 Å². The molecule has 1 atom stereocenters. The zero-order chi connectivity index (χ0) is 20.8. The molecule has 0 radical (unpaired) electrons. The number of amides is 2. The van der Waals surface area contributed by atoms with Crippen molar-refractivity contribution >= 4 is 28.7 Å². The molecule has 0 aliphatic carbocycles. The van der Waals surface area contributed by atoms with Crippen molar-refractivity contribution < 1.29 is 23.9 Å². The van der Waals surface area contributed by atoms with Crippen molar-refractivity contribution in [1.29, 1.82) is 0 Å². The van der Waals surface area contributed by atoms with Gasteiger partial charge in [-0.25, -0.2) is 4.39 Å². The highest BCUT2D eigenvalue weighted by molar-refractivity contribution is 5.98. The second-order valence-electron chi connectivity index (χ2n) is 6.53. The molecule has 4 N–H and O–H groups in total. The average Bonchev–Trinajstić information content (AvgIpc) is 3.10. The van der Waals surface area contributed by atoms with Crippen LogP contribution in [0.3, 0.4) is 0 Å². The number of carbonyl (C=O) groups is 3. The first-order chi connectivity index (χ1) is 13.9. The second-order valence-corrected chi connectivity index (χ2v) is 6.53. The van der Waals surface area contributed by atoms with Crippen LogP contribution < -0.4 is 10.6 Å². The maximum Gasteiger partial charge on any atom is 0.305 e. The zero-order valence-corrected chi connectivity index (χ0v) is 15.4. The van der Waals surface area contributed by atoms with E-state index in [0.29, 0.717) is 0 Å². The Morgan fingerprint density at radius 1 is 1.07 bits per heavy atom. The molecule has 0 bridgehead atoms. The van der Waals surface area contributed by atoms with E-state index in [2.05, 4.69) is 15.6 Å². The molecule has 1 heterocycles. The number of benzene rings is 2. The quantitative estimate of drug-likeness (QED) is 0.467. The van der Waals surface area contributed by atoms with Crippen molar-refractivity contribution in [1.82, 2.24) is 15.6 Å². The Morgan fingerprint density at radius 3 is 2.52 bits per heavy atom. The fourth-order valence-electron chi connectivity index (χ4n) is 2.99. The molecule has 3 aromatic rings. The average molecular weight is 397 g/mol. The maximum absolute atomic E-state index is 13.1. The highest BCUT2D eigenvalue weighted by Gasteiger charge is 2.23. The van der Waals surface area contributed by atoms with Gasteiger partial charge in [-0.3, -0.25) is 14.4 Å². The monoisotopic (exact) mass is 397 g/mol. The Bertz CT molecular complexity index is 1030. The number of para-hydroxylation sites is 1. The first-order valence-electron chi connectivity index (χ1n) is 9.05. The van der Waals surface area contributed by atoms with Crippen molar-refractivity contribution in [2.45, 2.75) is 18.9 Å². The van der Waals surface area contributed by atoms with Crippen LogP contribution in [0.5, 0.6) is 0 Å². The van der Waals surface area contributed by atoms with Gasteiger partial charge < -0.3 is 20.7 Å². The summed E-state index contributed by atoms with van der Waals surface area (Å²) in [5.41, 5.74) is 1.95. The number of rotatable bonds is 8. The number of carboxylic acid groups (broad SMARTS) is 1. The normalized spacial score (nSPS) is 11.8. The Balaban J connectivity index is 1.78. The molecule has 0 saturated heterocycles. The summed E-state index contributed by atoms with van der Waals surface area (Å²) in [4.78, 5) is 39.0. The third-order valence-electron chi connectivity index (χ3n) is 4.47. The molecular formula is C21H20FN3O4. The van der Waals surface area contributed by atoms with E-state index in [1.54, 1.807) is 6.20 Å². The number of carbonyl (C=O) groups excluding carboxylic acids is 2. The number of carboxylic acids is 1. The lowest BCUT2D eigenvalue weighted by Gasteiger charge is -2.18. The largest absolute Gasteiger partial charge is 0.481 e. The summed E-state index contributed by atoms with van der Waals surface area (Å²) in [5, 5.41) is 14.9. The number of hydrogen-bond acceptors (Lipinski definition) is 3. The Morgan fingerprint density at radius 2 is 1.79 bits per heavy atom. The fourth-order valence-corrected chi connectivity index (χ4v) is 2.99. The van der Waals surface area contributed by atoms with Gasteiger partial charge in [0.15, 0.2) is 0 Å². The molecule has 3 rings (SSSR count). The molecular weight excluding hydrogens is 377 g/mol. The van der Waals surface area contributed by atoms with Crippen LogP contribution in [0.2, 0.25) is 0 Å². The Kier molecular flexibility index (Phi) is 6.23. The van der Waals surface area contributed by atoms with Gasteiger partial charge in [-0.05, 0) is 35.9 Å². The van der Waals surface area contributed by atoms with E-state index < -0.39 is 29.6 Å². The summed E-state index contributed by atoms with van der Waals surface area (Å²) in [6, 6.07) is 11.6. The molecule has 8 heteroatoms. The van der Waals surface area contributed by atoms with Crippen LogP contribution in [0.1, 0.15) is 22.3 Å². The highest BCUT2D eigenvalue weighted by Crippen LogP contribution is 2.19. The SMILES string of the molecule is O=C(O)CCNC(=O)[C@@H](Cc1c[nH]c2ccccc12)NC(=O)c1ccc(F)cc1. The van der Waals surface area contributed by atoms with Crippen molar-refractivity contribution in [2.75, 3.05) is 6.54 Å². The first kappa shape index (κ1) is 20.1. The van der Waals surface area contributed by atoms with Crippen molar-refractivity contribution in [3.05, 3.63) is 71.7 Å². The standard InChI is InChI=1S/C21H20FN3O4/c22-15-7-5-13(6-8-15)20(28)25-18(21(29)23-10-9-19(26)27)11-14-12-24-17-4-2-1-3-16(14)17/h1-8,12,18,24H,9-11H2,(H,23,29)(H,25,28)(H,26,27)/t18-/m1/s1. The van der Waals surface area contributed by atoms with Gasteiger partial charge in [0.05, 0.1) is 6.42 Å². The van der Waals surface area contributed by atoms with Gasteiger partial charge >= 0.3 is 5.97 Å². The van der Waals surface area contributed by atoms with Crippen LogP contribution in [-0.4, -0.2) is 40.5 Å². The Labute approximate surface area is 165 Å². The molecule has 2 aromatic carbocycles. The topological polar surface area (TPSA) is 111 Å². The predicted octanol–water partition coefficient (Wildman–Crippen LogP) is 2.24. The van der Waals surface area contributed by atoms with Gasteiger partial charge in [0.1, 0.15) is 11.9 Å². The van der Waals surface area contributed by atoms with Crippen LogP contribution in [-0.2, 0) is 16.0 Å². The third kappa shape index (κ3) is 5.19. The number of hydrogen-bond donors (Lipinski definition) is 4. The minimum Gasteiger partial charge on any atom is -0.481 e. The van der Waals surface area contributed by atoms with E-state index in [4.69, 9.17) is 5.11 Å². The summed E-state index contributed by atoms with van der Waals surface area (Å²) in [7, 11) is 0. The van der Waals surface area contributed by atoms with E-state index in [-0.39, 0.29) is 24.9 Å². The van der Waals surface area contributed by atoms with Gasteiger partial charge in [0.25, 0.3) is 5.91 Å². The van der Waals surface area contributed by atoms with E-state index >= 15 is 0 Å². The minimum absolute atomic E-state index is 0.0506. The third-order valence-corrected chi connectivity index (χ3v) is 4.47. The van der Waals surface area contributed by atoms with Gasteiger partial charge in [-0.2, -0.15) is 0 Å². The number of aliphatic carboxylic acids is 1. The summed E-state index contributed by atoms with van der Waals surface area (Å²) in [6.07, 6.45) is 1.75. The number of aromatic nitrogens is 1. The minimum atomic E-state index is -1.03. The predicted molar refractivity (Wildman–Crippen MR) is 105 cm³/mol. The van der Waals surface area contributed by atoms with Crippen LogP contribution in [0.15, 0.2) is 54.7 Å². The summed E-state index contributed by atoms with van der Waals surface area (Å²) >= 11 is 0. The lowest BCUT2D eigenvalue weighted by Crippen LogP contribution is -2.48. The lowest BCUT2D eigenvalue weighted by atomic mass is 10.0. The van der Waals surface area contributed by atoms with E-state index in [0.717, 1.165) is 28.6 Å². The second kappa shape index (κ2) is 9.01. The van der Waals surface area contributed by atoms with Crippen LogP contribution >= 0.6 is 0 Å². The van der Waals surface area contributed by atoms with Gasteiger partial charge in [-0.15, -0.1) is 0 Å². The number of aromatic amines is 1. The van der Waals surface area contributed by atoms with Crippen LogP contribution in [0.4, 0.5) is 4.39 Å². The summed E-state index contributed by atoms with van der Waals surface area (Å²) in [5.74, 6) is -2.52. The molecule has 0 aliphatic heterocycles. The molecule has 2 amide bonds. The van der Waals surface area contributed by atoms with Crippen molar-refractivity contribution in [3.63, 3.8) is 0 Å². The Hall–Kier alpha value is -3.68. The van der Waals surface area contributed by atoms with E-state index in [1.165, 1.54) is 12.1 Å². The van der Waals surface area contributed by atoms with Crippen molar-refractivity contribution in [2.24, 2.45) is 0 Å². The van der Waals surface area contributed by atoms with Crippen LogP contribution in [0, 0.1) is 5.82 Å². The molecule has 0 aliphatic rings. The molecule has 0 unspecified atom stereocenters.